The summed E-state index contributed by atoms with van der Waals surface area (Å²) in [6.07, 6.45) is 6.04. The van der Waals surface area contributed by atoms with Gasteiger partial charge < -0.3 is 15.2 Å². The molecule has 3 aliphatic heterocycles. The van der Waals surface area contributed by atoms with E-state index in [4.69, 9.17) is 4.74 Å². The molecule has 0 spiro atoms. The van der Waals surface area contributed by atoms with Crippen LogP contribution in [0, 0.1) is 0 Å². The fourth-order valence-corrected chi connectivity index (χ4v) is 4.54. The monoisotopic (exact) mass is 319 g/mol. The zero-order chi connectivity index (χ0) is 16.1. The van der Waals surface area contributed by atoms with Gasteiger partial charge in [-0.1, -0.05) is 42.3 Å². The van der Waals surface area contributed by atoms with E-state index >= 15 is 0 Å². The summed E-state index contributed by atoms with van der Waals surface area (Å²) in [7, 11) is 0. The van der Waals surface area contributed by atoms with Gasteiger partial charge in [0.2, 0.25) is 0 Å². The van der Waals surface area contributed by atoms with Crippen molar-refractivity contribution in [1.29, 1.82) is 0 Å². The second-order valence-corrected chi connectivity index (χ2v) is 7.13. The van der Waals surface area contributed by atoms with Crippen molar-refractivity contribution in [3.63, 3.8) is 0 Å². The Morgan fingerprint density at radius 3 is 2.50 bits per heavy atom. The molecule has 2 fully saturated rings. The number of para-hydroxylation sites is 2. The Hall–Kier alpha value is -2.26. The molecule has 2 unspecified atom stereocenters. The van der Waals surface area contributed by atoms with Gasteiger partial charge >= 0.3 is 0 Å². The highest BCUT2D eigenvalue weighted by Crippen LogP contribution is 2.50. The second-order valence-electron chi connectivity index (χ2n) is 7.13. The number of aromatic hydroxyl groups is 1. The van der Waals surface area contributed by atoms with Crippen molar-refractivity contribution in [2.45, 2.75) is 44.2 Å². The lowest BCUT2D eigenvalue weighted by Crippen LogP contribution is -2.46. The number of fused-ring (bicyclic) bond motifs is 4. The van der Waals surface area contributed by atoms with Crippen LogP contribution in [0.25, 0.3) is 5.57 Å². The Labute approximate surface area is 142 Å². The van der Waals surface area contributed by atoms with Gasteiger partial charge in [0.25, 0.3) is 0 Å². The third-order valence-corrected chi connectivity index (χ3v) is 5.55. The molecule has 5 rings (SSSR count). The quantitative estimate of drug-likeness (QED) is 0.636. The van der Waals surface area contributed by atoms with E-state index in [-0.39, 0.29) is 5.75 Å². The predicted molar refractivity (Wildman–Crippen MR) is 94.4 cm³/mol. The van der Waals surface area contributed by atoms with Crippen LogP contribution in [-0.2, 0) is 0 Å². The Morgan fingerprint density at radius 2 is 1.67 bits per heavy atom. The minimum absolute atomic E-state index is 0.217. The number of nitrogens with one attached hydrogen (secondary N) is 1. The van der Waals surface area contributed by atoms with E-state index in [0.29, 0.717) is 17.8 Å². The first-order chi connectivity index (χ1) is 11.8. The maximum Gasteiger partial charge on any atom is 0.176 e. The summed E-state index contributed by atoms with van der Waals surface area (Å²) in [5.74, 6) is 1.66. The molecule has 2 aromatic rings. The number of phenolic OH excluding ortho intramolecular Hbond substituents is 1. The third kappa shape index (κ3) is 2.15. The zero-order valence-electron chi connectivity index (χ0n) is 13.6. The van der Waals surface area contributed by atoms with Crippen LogP contribution < -0.4 is 10.1 Å². The summed E-state index contributed by atoms with van der Waals surface area (Å²) in [6, 6.07) is 15.1. The van der Waals surface area contributed by atoms with E-state index in [1.807, 2.05) is 18.2 Å². The first kappa shape index (κ1) is 14.1. The van der Waals surface area contributed by atoms with Crippen molar-refractivity contribution in [3.05, 3.63) is 59.2 Å². The second kappa shape index (κ2) is 5.38. The molecule has 3 nitrogen and oxygen atoms in total. The summed E-state index contributed by atoms with van der Waals surface area (Å²) >= 11 is 0. The Bertz CT molecular complexity index is 825. The molecule has 0 aliphatic carbocycles. The van der Waals surface area contributed by atoms with Crippen molar-refractivity contribution in [2.24, 2.45) is 0 Å². The number of hydrogen-bond acceptors (Lipinski definition) is 3. The van der Waals surface area contributed by atoms with Gasteiger partial charge in [-0.2, -0.15) is 0 Å². The maximum atomic E-state index is 10.3. The van der Waals surface area contributed by atoms with E-state index in [0.717, 1.165) is 29.7 Å². The largest absolute Gasteiger partial charge is 0.504 e. The first-order valence-corrected chi connectivity index (χ1v) is 8.87. The molecule has 2 saturated heterocycles. The Balaban J connectivity index is 1.73. The molecule has 0 amide bonds. The molecule has 2 N–H and O–H groups in total. The smallest absolute Gasteiger partial charge is 0.176 e. The van der Waals surface area contributed by atoms with Gasteiger partial charge in [0.1, 0.15) is 5.75 Å². The van der Waals surface area contributed by atoms with Gasteiger partial charge in [0.05, 0.1) is 0 Å². The van der Waals surface area contributed by atoms with Crippen molar-refractivity contribution >= 4 is 5.57 Å². The standard InChI is InChI=1S/C21H21NO2/c23-18-9-4-8-17-20(13-11-14-5-3-6-15(12-13)22-14)16-7-1-2-10-19(16)24-21(17)18/h1-2,4,7-10,14-15,22-23H,3,5-6,11-12H2. The Kier molecular flexibility index (Phi) is 3.17. The van der Waals surface area contributed by atoms with Gasteiger partial charge in [0.15, 0.2) is 11.5 Å². The van der Waals surface area contributed by atoms with Crippen LogP contribution in [0.1, 0.15) is 43.2 Å². The fourth-order valence-electron chi connectivity index (χ4n) is 4.54. The highest BCUT2D eigenvalue weighted by Gasteiger charge is 2.33. The first-order valence-electron chi connectivity index (χ1n) is 8.87. The third-order valence-electron chi connectivity index (χ3n) is 5.55. The number of hydrogen-bond donors (Lipinski definition) is 2. The number of piperidine rings is 2. The maximum absolute atomic E-state index is 10.3. The summed E-state index contributed by atoms with van der Waals surface area (Å²) in [6.45, 7) is 0. The molecular formula is C21H21NO2. The summed E-state index contributed by atoms with van der Waals surface area (Å²) in [5, 5.41) is 14.1. The van der Waals surface area contributed by atoms with Crippen molar-refractivity contribution in [3.8, 4) is 17.2 Å². The van der Waals surface area contributed by atoms with E-state index in [2.05, 4.69) is 23.5 Å². The molecule has 0 aromatic heterocycles. The normalized spacial score (nSPS) is 24.8. The van der Waals surface area contributed by atoms with Gasteiger partial charge in [-0.25, -0.2) is 0 Å². The van der Waals surface area contributed by atoms with Crippen LogP contribution >= 0.6 is 0 Å². The van der Waals surface area contributed by atoms with E-state index < -0.39 is 0 Å². The minimum Gasteiger partial charge on any atom is -0.504 e. The molecule has 3 aliphatic rings. The molecule has 24 heavy (non-hydrogen) atoms. The van der Waals surface area contributed by atoms with Crippen molar-refractivity contribution in [2.75, 3.05) is 0 Å². The highest BCUT2D eigenvalue weighted by atomic mass is 16.5. The van der Waals surface area contributed by atoms with E-state index in [1.54, 1.807) is 6.07 Å². The van der Waals surface area contributed by atoms with Crippen molar-refractivity contribution < 1.29 is 9.84 Å². The molecule has 2 atom stereocenters. The highest BCUT2D eigenvalue weighted by molar-refractivity contribution is 5.91. The molecule has 3 heterocycles. The van der Waals surface area contributed by atoms with Crippen LogP contribution in [0.15, 0.2) is 48.0 Å². The number of rotatable bonds is 0. The topological polar surface area (TPSA) is 41.5 Å². The molecule has 2 bridgehead atoms. The van der Waals surface area contributed by atoms with Gasteiger partial charge in [-0.15, -0.1) is 0 Å². The zero-order valence-corrected chi connectivity index (χ0v) is 13.6. The SMILES string of the molecule is Oc1cccc2c1Oc1ccccc1C2=C1CC2CCCC(C1)N2. The van der Waals surface area contributed by atoms with Crippen LogP contribution in [0.3, 0.4) is 0 Å². The lowest BCUT2D eigenvalue weighted by atomic mass is 9.78. The van der Waals surface area contributed by atoms with Crippen LogP contribution in [0.2, 0.25) is 0 Å². The number of phenols is 1. The van der Waals surface area contributed by atoms with Crippen LogP contribution in [0.5, 0.6) is 17.2 Å². The molecule has 3 heteroatoms. The minimum atomic E-state index is 0.217. The van der Waals surface area contributed by atoms with Gasteiger partial charge in [-0.05, 0) is 43.4 Å². The molecular weight excluding hydrogens is 298 g/mol. The number of ether oxygens (including phenoxy) is 1. The lowest BCUT2D eigenvalue weighted by molar-refractivity contribution is 0.282. The molecule has 0 radical (unpaired) electrons. The lowest BCUT2D eigenvalue weighted by Gasteiger charge is -2.39. The molecule has 0 saturated carbocycles. The fraction of sp³-hybridized carbons (Fsp3) is 0.333. The van der Waals surface area contributed by atoms with Crippen LogP contribution in [-0.4, -0.2) is 17.2 Å². The van der Waals surface area contributed by atoms with Gasteiger partial charge in [0, 0.05) is 23.2 Å². The number of benzene rings is 2. The summed E-state index contributed by atoms with van der Waals surface area (Å²) in [5.41, 5.74) is 4.97. The van der Waals surface area contributed by atoms with E-state index in [1.165, 1.54) is 30.4 Å². The Morgan fingerprint density at radius 1 is 0.917 bits per heavy atom. The average molecular weight is 319 g/mol. The summed E-state index contributed by atoms with van der Waals surface area (Å²) in [4.78, 5) is 0. The summed E-state index contributed by atoms with van der Waals surface area (Å²) < 4.78 is 6.02. The predicted octanol–water partition coefficient (Wildman–Crippen LogP) is 4.60. The average Bonchev–Trinajstić information content (AvgIpc) is 2.60. The van der Waals surface area contributed by atoms with Crippen LogP contribution in [0.4, 0.5) is 0 Å². The molecule has 122 valence electrons. The van der Waals surface area contributed by atoms with Gasteiger partial charge in [-0.3, -0.25) is 0 Å². The van der Waals surface area contributed by atoms with E-state index in [9.17, 15) is 5.11 Å². The van der Waals surface area contributed by atoms with Crippen molar-refractivity contribution in [1.82, 2.24) is 5.32 Å². The molecule has 2 aromatic carbocycles.